The molecule has 10 heavy (non-hydrogen) atoms. The van der Waals surface area contributed by atoms with E-state index in [-0.39, 0.29) is 0 Å². The average molecular weight is 165 g/mol. The Balaban J connectivity index is 3.21. The molecule has 0 aliphatic rings. The molecule has 0 aromatic heterocycles. The third-order valence-electron chi connectivity index (χ3n) is 1.22. The van der Waals surface area contributed by atoms with Crippen molar-refractivity contribution in [1.82, 2.24) is 0 Å². The lowest BCUT2D eigenvalue weighted by Gasteiger charge is -2.02. The van der Waals surface area contributed by atoms with Crippen LogP contribution in [0.5, 0.6) is 0 Å². The van der Waals surface area contributed by atoms with E-state index in [9.17, 15) is 4.79 Å². The molecule has 1 unspecified atom stereocenters. The zero-order chi connectivity index (χ0) is 7.98. The maximum atomic E-state index is 10.4. The molecule has 0 fully saturated rings. The summed E-state index contributed by atoms with van der Waals surface area (Å²) in [7, 11) is 0. The molecule has 0 aromatic rings. The van der Waals surface area contributed by atoms with E-state index >= 15 is 0 Å². The summed E-state index contributed by atoms with van der Waals surface area (Å²) in [6.45, 7) is 0.641. The quantitative estimate of drug-likeness (QED) is 0.451. The molecule has 4 heteroatoms. The van der Waals surface area contributed by atoms with Gasteiger partial charge in [0.25, 0.3) is 0 Å². The summed E-state index contributed by atoms with van der Waals surface area (Å²) in [5, 5.41) is -0.522. The van der Waals surface area contributed by atoms with Crippen molar-refractivity contribution in [3.8, 4) is 0 Å². The molecule has 1 atom stereocenters. The number of nitrogens with two attached hydrogens (primary N) is 2. The molecular formula is C6H13ClN2O. The van der Waals surface area contributed by atoms with E-state index in [0.29, 0.717) is 13.0 Å². The van der Waals surface area contributed by atoms with Gasteiger partial charge in [0.05, 0.1) is 0 Å². The Morgan fingerprint density at radius 1 is 1.50 bits per heavy atom. The number of hydrogen-bond donors (Lipinski definition) is 2. The third kappa shape index (κ3) is 4.58. The number of alkyl halides is 1. The average Bonchev–Trinajstić information content (AvgIpc) is 1.88. The zero-order valence-corrected chi connectivity index (χ0v) is 6.60. The van der Waals surface area contributed by atoms with Crippen molar-refractivity contribution in [3.63, 3.8) is 0 Å². The number of primary amides is 1. The smallest absolute Gasteiger partial charge is 0.235 e. The molecule has 0 saturated carbocycles. The fourth-order valence-electron chi connectivity index (χ4n) is 0.610. The highest BCUT2D eigenvalue weighted by Crippen LogP contribution is 2.05. The first-order valence-electron chi connectivity index (χ1n) is 3.32. The number of rotatable bonds is 5. The molecule has 60 valence electrons. The summed E-state index contributed by atoms with van der Waals surface area (Å²) in [4.78, 5) is 10.4. The van der Waals surface area contributed by atoms with Crippen LogP contribution in [0.3, 0.4) is 0 Å². The minimum Gasteiger partial charge on any atom is -0.368 e. The predicted molar refractivity (Wildman–Crippen MR) is 41.7 cm³/mol. The van der Waals surface area contributed by atoms with E-state index in [1.54, 1.807) is 0 Å². The molecule has 4 N–H and O–H groups in total. The maximum absolute atomic E-state index is 10.4. The second-order valence-corrected chi connectivity index (χ2v) is 2.68. The number of hydrogen-bond acceptors (Lipinski definition) is 2. The standard InChI is InChI=1S/C6H13ClN2O/c7-5(6(9)10)3-1-2-4-8/h5H,1-4,8H2,(H2,9,10). The van der Waals surface area contributed by atoms with Crippen molar-refractivity contribution in [2.75, 3.05) is 6.54 Å². The zero-order valence-electron chi connectivity index (χ0n) is 5.85. The van der Waals surface area contributed by atoms with Gasteiger partial charge in [-0.1, -0.05) is 6.42 Å². The maximum Gasteiger partial charge on any atom is 0.235 e. The Bertz CT molecular complexity index is 108. The Labute approximate surface area is 65.7 Å². The topological polar surface area (TPSA) is 69.1 Å². The molecule has 0 heterocycles. The van der Waals surface area contributed by atoms with Crippen molar-refractivity contribution < 1.29 is 4.79 Å². The summed E-state index contributed by atoms with van der Waals surface area (Å²) < 4.78 is 0. The molecule has 0 radical (unpaired) electrons. The molecule has 0 aliphatic heterocycles. The molecule has 0 bridgehead atoms. The van der Waals surface area contributed by atoms with E-state index in [1.807, 2.05) is 0 Å². The van der Waals surface area contributed by atoms with Crippen LogP contribution in [-0.2, 0) is 4.79 Å². The van der Waals surface area contributed by atoms with Crippen molar-refractivity contribution in [2.45, 2.75) is 24.6 Å². The van der Waals surface area contributed by atoms with Gasteiger partial charge in [0.1, 0.15) is 5.38 Å². The lowest BCUT2D eigenvalue weighted by molar-refractivity contribution is -0.117. The molecule has 0 saturated heterocycles. The third-order valence-corrected chi connectivity index (χ3v) is 1.65. The van der Waals surface area contributed by atoms with Crippen molar-refractivity contribution >= 4 is 17.5 Å². The van der Waals surface area contributed by atoms with Crippen LogP contribution in [0, 0.1) is 0 Å². The van der Waals surface area contributed by atoms with Gasteiger partial charge in [0, 0.05) is 0 Å². The van der Waals surface area contributed by atoms with Crippen LogP contribution in [0.1, 0.15) is 19.3 Å². The first kappa shape index (κ1) is 9.72. The fraction of sp³-hybridized carbons (Fsp3) is 0.833. The van der Waals surface area contributed by atoms with E-state index in [4.69, 9.17) is 23.1 Å². The fourth-order valence-corrected chi connectivity index (χ4v) is 0.764. The molecule has 1 amide bonds. The van der Waals surface area contributed by atoms with Gasteiger partial charge in [0.2, 0.25) is 5.91 Å². The van der Waals surface area contributed by atoms with Gasteiger partial charge in [-0.05, 0) is 19.4 Å². The Kier molecular flexibility index (Phi) is 5.35. The normalized spacial score (nSPS) is 13.0. The summed E-state index contributed by atoms with van der Waals surface area (Å²) in [5.41, 5.74) is 10.1. The molecular weight excluding hydrogens is 152 g/mol. The van der Waals surface area contributed by atoms with Crippen molar-refractivity contribution in [1.29, 1.82) is 0 Å². The first-order valence-corrected chi connectivity index (χ1v) is 3.75. The van der Waals surface area contributed by atoms with Gasteiger partial charge in [-0.2, -0.15) is 0 Å². The molecule has 3 nitrogen and oxygen atoms in total. The van der Waals surface area contributed by atoms with Crippen LogP contribution in [0.25, 0.3) is 0 Å². The second-order valence-electron chi connectivity index (χ2n) is 2.15. The summed E-state index contributed by atoms with van der Waals surface area (Å²) in [6.07, 6.45) is 2.40. The van der Waals surface area contributed by atoms with Crippen LogP contribution in [0.4, 0.5) is 0 Å². The van der Waals surface area contributed by atoms with Gasteiger partial charge in [-0.25, -0.2) is 0 Å². The van der Waals surface area contributed by atoms with Gasteiger partial charge in [0.15, 0.2) is 0 Å². The van der Waals surface area contributed by atoms with Crippen LogP contribution in [-0.4, -0.2) is 17.8 Å². The van der Waals surface area contributed by atoms with E-state index in [1.165, 1.54) is 0 Å². The van der Waals surface area contributed by atoms with Crippen LogP contribution < -0.4 is 11.5 Å². The van der Waals surface area contributed by atoms with Crippen LogP contribution >= 0.6 is 11.6 Å². The highest BCUT2D eigenvalue weighted by atomic mass is 35.5. The molecule has 0 aromatic carbocycles. The second kappa shape index (κ2) is 5.50. The van der Waals surface area contributed by atoms with Gasteiger partial charge in [-0.3, -0.25) is 4.79 Å². The molecule has 0 aliphatic carbocycles. The summed E-state index contributed by atoms with van der Waals surface area (Å²) >= 11 is 5.54. The summed E-state index contributed by atoms with van der Waals surface area (Å²) in [5.74, 6) is -0.446. The van der Waals surface area contributed by atoms with Gasteiger partial charge < -0.3 is 11.5 Å². The first-order chi connectivity index (χ1) is 4.68. The lowest BCUT2D eigenvalue weighted by atomic mass is 10.2. The van der Waals surface area contributed by atoms with E-state index in [0.717, 1.165) is 12.8 Å². The lowest BCUT2D eigenvalue weighted by Crippen LogP contribution is -2.23. The number of unbranched alkanes of at least 4 members (excludes halogenated alkanes) is 1. The number of carbonyl (C=O) groups is 1. The number of halogens is 1. The monoisotopic (exact) mass is 164 g/mol. The largest absolute Gasteiger partial charge is 0.368 e. The number of carbonyl (C=O) groups excluding carboxylic acids is 1. The Morgan fingerprint density at radius 2 is 2.10 bits per heavy atom. The van der Waals surface area contributed by atoms with Gasteiger partial charge in [-0.15, -0.1) is 11.6 Å². The Morgan fingerprint density at radius 3 is 2.50 bits per heavy atom. The minimum absolute atomic E-state index is 0.446. The highest BCUT2D eigenvalue weighted by molar-refractivity contribution is 6.30. The van der Waals surface area contributed by atoms with Gasteiger partial charge >= 0.3 is 0 Å². The molecule has 0 rings (SSSR count). The summed E-state index contributed by atoms with van der Waals surface area (Å²) in [6, 6.07) is 0. The minimum atomic E-state index is -0.522. The molecule has 0 spiro atoms. The van der Waals surface area contributed by atoms with Crippen molar-refractivity contribution in [2.24, 2.45) is 11.5 Å². The van der Waals surface area contributed by atoms with E-state index < -0.39 is 11.3 Å². The highest BCUT2D eigenvalue weighted by Gasteiger charge is 2.09. The van der Waals surface area contributed by atoms with Crippen LogP contribution in [0.2, 0.25) is 0 Å². The number of amides is 1. The SMILES string of the molecule is NCCCCC(Cl)C(N)=O. The predicted octanol–water partition coefficient (Wildman–Crippen LogP) is 0.208. The van der Waals surface area contributed by atoms with Crippen molar-refractivity contribution in [3.05, 3.63) is 0 Å². The van der Waals surface area contributed by atoms with Crippen LogP contribution in [0.15, 0.2) is 0 Å². The van der Waals surface area contributed by atoms with E-state index in [2.05, 4.69) is 0 Å². The Hall–Kier alpha value is -0.280.